The van der Waals surface area contributed by atoms with Gasteiger partial charge in [-0.25, -0.2) is 13.9 Å². The van der Waals surface area contributed by atoms with Gasteiger partial charge in [0.1, 0.15) is 4.77 Å². The molecule has 1 heterocycles. The summed E-state index contributed by atoms with van der Waals surface area (Å²) >= 11 is 0.138. The summed E-state index contributed by atoms with van der Waals surface area (Å²) in [5, 5.41) is 6.78. The number of carbonyl (C=O) groups excluding carboxylic acids is 2. The number of hydrogen-bond acceptors (Lipinski definition) is 5. The van der Waals surface area contributed by atoms with Gasteiger partial charge in [0.05, 0.1) is 5.75 Å². The smallest absolute Gasteiger partial charge is 0.334 e. The van der Waals surface area contributed by atoms with E-state index < -0.39 is 21.1 Å². The van der Waals surface area contributed by atoms with Gasteiger partial charge in [-0.1, -0.05) is 0 Å². The molecule has 9 heteroatoms. The largest absolute Gasteiger partial charge is 0.355 e. The number of hydrogen-bond donors (Lipinski definition) is 2. The number of rotatable bonds is 1. The first kappa shape index (κ1) is 11.5. The molecule has 0 saturated carbocycles. The molecule has 0 bridgehead atoms. The van der Waals surface area contributed by atoms with Gasteiger partial charge in [0.25, 0.3) is 5.91 Å². The van der Waals surface area contributed by atoms with Crippen molar-refractivity contribution in [2.24, 2.45) is 0 Å². The Balaban J connectivity index is 3.05. The molecule has 0 unspecified atom stereocenters. The van der Waals surface area contributed by atoms with Gasteiger partial charge in [-0.3, -0.25) is 14.8 Å². The van der Waals surface area contributed by atoms with Crippen LogP contribution in [-0.4, -0.2) is 63.2 Å². The normalized spacial score (nSPS) is 24.6. The van der Waals surface area contributed by atoms with Crippen molar-refractivity contribution in [1.82, 2.24) is 10.4 Å². The van der Waals surface area contributed by atoms with Crippen molar-refractivity contribution in [2.75, 3.05) is 12.3 Å². The van der Waals surface area contributed by atoms with E-state index in [0.29, 0.717) is 0 Å². The molecule has 2 N–H and O–H groups in total. The Morgan fingerprint density at radius 3 is 2.50 bits per heavy atom. The Morgan fingerprint density at radius 1 is 1.50 bits per heavy atom. The Kier molecular flexibility index (Phi) is 3.16. The minimum atomic E-state index is -3.64. The molecular weight excluding hydrogens is 227 g/mol. The van der Waals surface area contributed by atoms with E-state index in [-0.39, 0.29) is 33.4 Å². The summed E-state index contributed by atoms with van der Waals surface area (Å²) in [4.78, 5) is 23.0. The Morgan fingerprint density at radius 2 is 2.07 bits per heavy atom. The first-order valence-corrected chi connectivity index (χ1v) is 6.54. The molecule has 1 aliphatic heterocycles. The fraction of sp³-hybridized carbons (Fsp3) is 0.600. The van der Waals surface area contributed by atoms with Crippen molar-refractivity contribution in [1.29, 1.82) is 0 Å². The molecule has 14 heavy (non-hydrogen) atoms. The fourth-order valence-corrected chi connectivity index (χ4v) is 3.69. The van der Waals surface area contributed by atoms with E-state index in [2.05, 4.69) is 0 Å². The third kappa shape index (κ3) is 1.90. The summed E-state index contributed by atoms with van der Waals surface area (Å²) in [5.41, 5.74) is 1.25. The zero-order valence-electron chi connectivity index (χ0n) is 7.43. The lowest BCUT2D eigenvalue weighted by atomic mass is 10.5. The van der Waals surface area contributed by atoms with Crippen LogP contribution in [0.2, 0.25) is 0 Å². The number of carbonyl (C=O) groups is 2. The van der Waals surface area contributed by atoms with Crippen LogP contribution in [0.4, 0.5) is 4.79 Å². The molecule has 1 fully saturated rings. The van der Waals surface area contributed by atoms with Gasteiger partial charge in [-0.05, 0) is 0 Å². The SMILES string of the molecule is O=C(NO)[C@H]1N([C](=O)[AlH2])CCS1(=O)=O. The number of sulfone groups is 1. The standard InChI is InChI=1S/C5H7N2O5S.Al.2H/c8-3-7-1-2-13(11,12)5(7)4(9)6-10;;;/h5,10H,1-2H2,(H,6,9);;;/t5-;;;/m0.../s1. The molecule has 1 atom stereocenters. The second kappa shape index (κ2) is 3.86. The molecule has 78 valence electrons. The minimum absolute atomic E-state index is 0.0166. The lowest BCUT2D eigenvalue weighted by molar-refractivity contribution is -0.130. The van der Waals surface area contributed by atoms with Crippen LogP contribution < -0.4 is 5.48 Å². The molecule has 2 amide bonds. The van der Waals surface area contributed by atoms with Crippen molar-refractivity contribution in [3.05, 3.63) is 0 Å². The zero-order valence-corrected chi connectivity index (χ0v) is 10.2. The van der Waals surface area contributed by atoms with Crippen LogP contribution in [0, 0.1) is 0 Å². The maximum atomic E-state index is 11.3. The average molecular weight is 236 g/mol. The number of hydroxylamine groups is 1. The van der Waals surface area contributed by atoms with Gasteiger partial charge >= 0.3 is 16.3 Å². The van der Waals surface area contributed by atoms with E-state index in [1.807, 2.05) is 0 Å². The lowest BCUT2D eigenvalue weighted by Crippen LogP contribution is -2.47. The van der Waals surface area contributed by atoms with Crippen LogP contribution in [0.15, 0.2) is 0 Å². The van der Waals surface area contributed by atoms with E-state index in [1.54, 1.807) is 0 Å². The monoisotopic (exact) mass is 236 g/mol. The van der Waals surface area contributed by atoms with Crippen molar-refractivity contribution in [2.45, 2.75) is 5.37 Å². The summed E-state index contributed by atoms with van der Waals surface area (Å²) in [7, 11) is -3.64. The van der Waals surface area contributed by atoms with Gasteiger partial charge in [0.2, 0.25) is 5.37 Å². The van der Waals surface area contributed by atoms with E-state index in [1.165, 1.54) is 5.48 Å². The molecule has 0 aliphatic carbocycles. The summed E-state index contributed by atoms with van der Waals surface area (Å²) in [6.45, 7) is 0.0166. The molecule has 0 aromatic rings. The third-order valence-electron chi connectivity index (χ3n) is 1.98. The Hall–Kier alpha value is -0.618. The lowest BCUT2D eigenvalue weighted by Gasteiger charge is -2.20. The van der Waals surface area contributed by atoms with Crippen LogP contribution in [0.25, 0.3) is 0 Å². The van der Waals surface area contributed by atoms with Crippen LogP contribution in [0.1, 0.15) is 0 Å². The molecule has 0 aromatic carbocycles. The molecule has 0 aromatic heterocycles. The minimum Gasteiger partial charge on any atom is -0.334 e. The average Bonchev–Trinajstić information content (AvgIpc) is 2.40. The molecule has 1 rings (SSSR count). The van der Waals surface area contributed by atoms with E-state index in [4.69, 9.17) is 5.21 Å². The molecule has 7 nitrogen and oxygen atoms in total. The summed E-state index contributed by atoms with van der Waals surface area (Å²) < 4.78 is 22.3. The highest BCUT2D eigenvalue weighted by Crippen LogP contribution is 2.17. The Bertz CT molecular complexity index is 366. The van der Waals surface area contributed by atoms with Crippen molar-refractivity contribution < 1.29 is 23.2 Å². The topological polar surface area (TPSA) is 104 Å². The first-order valence-electron chi connectivity index (χ1n) is 3.83. The second-order valence-electron chi connectivity index (χ2n) is 2.91. The van der Waals surface area contributed by atoms with Crippen LogP contribution >= 0.6 is 0 Å². The Labute approximate surface area is 88.4 Å². The van der Waals surface area contributed by atoms with Crippen molar-refractivity contribution in [3.63, 3.8) is 0 Å². The maximum absolute atomic E-state index is 11.3. The predicted octanol–water partition coefficient (Wildman–Crippen LogP) is -2.70. The number of nitrogens with zero attached hydrogens (tertiary/aromatic N) is 1. The predicted molar refractivity (Wildman–Crippen MR) is 48.2 cm³/mol. The van der Waals surface area contributed by atoms with Gasteiger partial charge < -0.3 is 4.90 Å². The highest BCUT2D eigenvalue weighted by Gasteiger charge is 2.44. The van der Waals surface area contributed by atoms with E-state index in [0.717, 1.165) is 4.90 Å². The molecule has 1 aliphatic rings. The number of amides is 2. The van der Waals surface area contributed by atoms with Crippen LogP contribution in [0.5, 0.6) is 0 Å². The summed E-state index contributed by atoms with van der Waals surface area (Å²) in [6, 6.07) is 0. The summed E-state index contributed by atoms with van der Waals surface area (Å²) in [6.07, 6.45) is 0. The van der Waals surface area contributed by atoms with Gasteiger partial charge in [-0.15, -0.1) is 0 Å². The quantitative estimate of drug-likeness (QED) is 0.293. The van der Waals surface area contributed by atoms with Crippen LogP contribution in [0.3, 0.4) is 0 Å². The van der Waals surface area contributed by atoms with E-state index in [9.17, 15) is 18.0 Å². The van der Waals surface area contributed by atoms with Crippen molar-refractivity contribution in [3.8, 4) is 0 Å². The van der Waals surface area contributed by atoms with E-state index >= 15 is 0 Å². The van der Waals surface area contributed by atoms with Gasteiger partial charge in [-0.2, -0.15) is 0 Å². The molecular formula is C5H9AlN2O5S. The first-order chi connectivity index (χ1) is 6.40. The zero-order chi connectivity index (χ0) is 10.9. The fourth-order valence-electron chi connectivity index (χ4n) is 1.33. The summed E-state index contributed by atoms with van der Waals surface area (Å²) in [5.74, 6) is -1.31. The molecule has 0 radical (unpaired) electrons. The molecule has 1 saturated heterocycles. The van der Waals surface area contributed by atoms with Gasteiger partial charge in [0.15, 0.2) is 9.84 Å². The van der Waals surface area contributed by atoms with Crippen molar-refractivity contribution >= 4 is 36.8 Å². The highest BCUT2D eigenvalue weighted by molar-refractivity contribution is 7.93. The molecule has 0 spiro atoms. The van der Waals surface area contributed by atoms with Crippen LogP contribution in [-0.2, 0) is 14.6 Å². The number of nitrogens with one attached hydrogen (secondary N) is 1. The van der Waals surface area contributed by atoms with Gasteiger partial charge in [0, 0.05) is 6.54 Å². The second-order valence-corrected chi connectivity index (χ2v) is 5.94. The highest BCUT2D eigenvalue weighted by atomic mass is 32.2. The third-order valence-corrected chi connectivity index (χ3v) is 4.45. The maximum Gasteiger partial charge on any atom is 0.355 e.